The molecule has 11 nitrogen and oxygen atoms in total. The van der Waals surface area contributed by atoms with Crippen LogP contribution in [0.25, 0.3) is 11.1 Å². The Morgan fingerprint density at radius 3 is 2.55 bits per heavy atom. The van der Waals surface area contributed by atoms with Crippen molar-refractivity contribution < 1.29 is 28.7 Å². The molecule has 0 bridgehead atoms. The minimum atomic E-state index is -0.498. The largest absolute Gasteiger partial charge is 0.490 e. The summed E-state index contributed by atoms with van der Waals surface area (Å²) in [6.45, 7) is 1.38. The first kappa shape index (κ1) is 25.2. The third-order valence-corrected chi connectivity index (χ3v) is 6.37. The average molecular weight is 519 g/mol. The summed E-state index contributed by atoms with van der Waals surface area (Å²) in [4.78, 5) is 35.9. The van der Waals surface area contributed by atoms with Crippen molar-refractivity contribution in [1.82, 2.24) is 5.32 Å². The molecule has 0 saturated carbocycles. The van der Waals surface area contributed by atoms with Crippen molar-refractivity contribution in [2.75, 3.05) is 37.5 Å². The van der Waals surface area contributed by atoms with E-state index in [9.17, 15) is 19.7 Å². The Bertz CT molecular complexity index is 1400. The maximum atomic E-state index is 12.9. The number of nitrogens with zero attached hydrogens (tertiary/aromatic N) is 1. The predicted molar refractivity (Wildman–Crippen MR) is 140 cm³/mol. The standard InChI is InChI=1S/C27H26N4O7/c1-36-24-14-18(5-8-23(24)31(34)35)17-4-6-19-21(13-17)29-22-12-16(2-7-20(22)30-27(19)33)3-9-25(32)28-15-26-37-10-11-38-26/h2,4-8,12-14,26,29H,3,9-11,15H2,1H3,(H,28,32)(H,30,33). The van der Waals surface area contributed by atoms with Gasteiger partial charge in [0.2, 0.25) is 5.91 Å². The number of nitro groups is 1. The highest BCUT2D eigenvalue weighted by Crippen LogP contribution is 2.37. The molecule has 2 aliphatic rings. The van der Waals surface area contributed by atoms with Gasteiger partial charge in [0.05, 0.1) is 54.4 Å². The minimum absolute atomic E-state index is 0.103. The lowest BCUT2D eigenvalue weighted by Crippen LogP contribution is -2.32. The SMILES string of the molecule is COc1cc(-c2ccc3c(c2)Nc2cc(CCC(=O)NCC4OCCO4)ccc2NC3=O)ccc1[N+](=O)[O-]. The van der Waals surface area contributed by atoms with Gasteiger partial charge in [-0.05, 0) is 59.5 Å². The number of hydrogen-bond acceptors (Lipinski definition) is 8. The Hall–Kier alpha value is -4.48. The molecule has 11 heteroatoms. The van der Waals surface area contributed by atoms with Crippen LogP contribution in [-0.4, -0.2) is 49.9 Å². The van der Waals surface area contributed by atoms with E-state index in [0.717, 1.165) is 11.1 Å². The monoisotopic (exact) mass is 518 g/mol. The van der Waals surface area contributed by atoms with Gasteiger partial charge in [-0.1, -0.05) is 12.1 Å². The molecule has 0 unspecified atom stereocenters. The Labute approximate surface area is 218 Å². The fourth-order valence-corrected chi connectivity index (χ4v) is 4.40. The van der Waals surface area contributed by atoms with Crippen molar-refractivity contribution in [1.29, 1.82) is 0 Å². The molecule has 3 aromatic rings. The van der Waals surface area contributed by atoms with Gasteiger partial charge in [0, 0.05) is 12.5 Å². The van der Waals surface area contributed by atoms with Crippen LogP contribution in [0.2, 0.25) is 0 Å². The van der Waals surface area contributed by atoms with Gasteiger partial charge in [0.1, 0.15) is 0 Å². The lowest BCUT2D eigenvalue weighted by atomic mass is 10.0. The summed E-state index contributed by atoms with van der Waals surface area (Å²) >= 11 is 0. The van der Waals surface area contributed by atoms with Crippen molar-refractivity contribution in [2.24, 2.45) is 0 Å². The van der Waals surface area contributed by atoms with Crippen LogP contribution < -0.4 is 20.7 Å². The van der Waals surface area contributed by atoms with Crippen LogP contribution in [0.4, 0.5) is 22.7 Å². The molecule has 2 heterocycles. The molecule has 0 aliphatic carbocycles. The molecule has 0 atom stereocenters. The van der Waals surface area contributed by atoms with Gasteiger partial charge in [0.15, 0.2) is 12.0 Å². The van der Waals surface area contributed by atoms with E-state index in [0.29, 0.717) is 60.8 Å². The molecule has 196 valence electrons. The molecule has 3 N–H and O–H groups in total. The maximum Gasteiger partial charge on any atom is 0.310 e. The first-order valence-corrected chi connectivity index (χ1v) is 12.1. The third-order valence-electron chi connectivity index (χ3n) is 6.37. The summed E-state index contributed by atoms with van der Waals surface area (Å²) in [5.41, 5.74) is 4.61. The quantitative estimate of drug-likeness (QED) is 0.300. The number of aryl methyl sites for hydroxylation is 1. The summed E-state index contributed by atoms with van der Waals surface area (Å²) in [5.74, 6) is -0.216. The van der Waals surface area contributed by atoms with E-state index < -0.39 is 11.2 Å². The smallest absolute Gasteiger partial charge is 0.310 e. The number of rotatable bonds is 8. The number of carbonyl (C=O) groups is 2. The molecule has 0 aromatic heterocycles. The van der Waals surface area contributed by atoms with E-state index in [-0.39, 0.29) is 23.3 Å². The molecule has 1 saturated heterocycles. The third kappa shape index (κ3) is 5.43. The predicted octanol–water partition coefficient (Wildman–Crippen LogP) is 4.00. The lowest BCUT2D eigenvalue weighted by molar-refractivity contribution is -0.385. The molecule has 1 fully saturated rings. The van der Waals surface area contributed by atoms with E-state index in [2.05, 4.69) is 16.0 Å². The number of benzene rings is 3. The molecule has 3 aromatic carbocycles. The first-order chi connectivity index (χ1) is 18.4. The lowest BCUT2D eigenvalue weighted by Gasteiger charge is -2.13. The summed E-state index contributed by atoms with van der Waals surface area (Å²) in [6, 6.07) is 15.5. The second-order valence-corrected chi connectivity index (χ2v) is 8.84. The van der Waals surface area contributed by atoms with Crippen LogP contribution >= 0.6 is 0 Å². The van der Waals surface area contributed by atoms with Gasteiger partial charge in [-0.15, -0.1) is 0 Å². The second-order valence-electron chi connectivity index (χ2n) is 8.84. The number of amides is 2. The average Bonchev–Trinajstić information content (AvgIpc) is 3.40. The van der Waals surface area contributed by atoms with Crippen molar-refractivity contribution in [3.05, 3.63) is 75.8 Å². The van der Waals surface area contributed by atoms with Gasteiger partial charge in [-0.25, -0.2) is 0 Å². The van der Waals surface area contributed by atoms with Crippen molar-refractivity contribution in [3.8, 4) is 16.9 Å². The minimum Gasteiger partial charge on any atom is -0.490 e. The summed E-state index contributed by atoms with van der Waals surface area (Å²) < 4.78 is 15.9. The normalized spacial score (nSPS) is 14.5. The number of nitrogens with one attached hydrogen (secondary N) is 3. The van der Waals surface area contributed by atoms with E-state index in [1.165, 1.54) is 13.2 Å². The topological polar surface area (TPSA) is 141 Å². The summed E-state index contributed by atoms with van der Waals surface area (Å²) in [6.07, 6.45) is 0.410. The highest BCUT2D eigenvalue weighted by Gasteiger charge is 2.22. The van der Waals surface area contributed by atoms with E-state index >= 15 is 0 Å². The van der Waals surface area contributed by atoms with Gasteiger partial charge in [-0.3, -0.25) is 19.7 Å². The van der Waals surface area contributed by atoms with Crippen molar-refractivity contribution in [3.63, 3.8) is 0 Å². The van der Waals surface area contributed by atoms with Gasteiger partial charge < -0.3 is 30.2 Å². The zero-order valence-electron chi connectivity index (χ0n) is 20.6. The Balaban J connectivity index is 1.33. The molecule has 0 spiro atoms. The molecule has 38 heavy (non-hydrogen) atoms. The second kappa shape index (κ2) is 10.9. The number of hydrogen-bond donors (Lipinski definition) is 3. The highest BCUT2D eigenvalue weighted by atomic mass is 16.7. The number of methoxy groups -OCH3 is 1. The fourth-order valence-electron chi connectivity index (χ4n) is 4.40. The Morgan fingerprint density at radius 2 is 1.79 bits per heavy atom. The van der Waals surface area contributed by atoms with E-state index in [1.54, 1.807) is 24.3 Å². The van der Waals surface area contributed by atoms with Crippen LogP contribution in [0.5, 0.6) is 5.75 Å². The zero-order valence-corrected chi connectivity index (χ0v) is 20.6. The molecular formula is C27H26N4O7. The molecular weight excluding hydrogens is 492 g/mol. The number of anilines is 3. The molecule has 5 rings (SSSR count). The van der Waals surface area contributed by atoms with Crippen LogP contribution in [-0.2, 0) is 20.7 Å². The van der Waals surface area contributed by atoms with Crippen LogP contribution in [0, 0.1) is 10.1 Å². The zero-order chi connectivity index (χ0) is 26.6. The Kier molecular flexibility index (Phi) is 7.20. The van der Waals surface area contributed by atoms with Crippen molar-refractivity contribution >= 4 is 34.6 Å². The molecule has 2 aliphatic heterocycles. The summed E-state index contributed by atoms with van der Waals surface area (Å²) in [7, 11) is 1.38. The van der Waals surface area contributed by atoms with Crippen LogP contribution in [0.15, 0.2) is 54.6 Å². The maximum absolute atomic E-state index is 12.9. The van der Waals surface area contributed by atoms with Crippen molar-refractivity contribution in [2.45, 2.75) is 19.1 Å². The number of ether oxygens (including phenoxy) is 3. The van der Waals surface area contributed by atoms with Crippen LogP contribution in [0.3, 0.4) is 0 Å². The number of fused-ring (bicyclic) bond motifs is 2. The first-order valence-electron chi connectivity index (χ1n) is 12.1. The number of nitro benzene ring substituents is 1. The Morgan fingerprint density at radius 1 is 1.03 bits per heavy atom. The van der Waals surface area contributed by atoms with Gasteiger partial charge in [0.25, 0.3) is 5.91 Å². The highest BCUT2D eigenvalue weighted by molar-refractivity contribution is 6.12. The molecule has 2 amide bonds. The van der Waals surface area contributed by atoms with Gasteiger partial charge in [-0.2, -0.15) is 0 Å². The van der Waals surface area contributed by atoms with E-state index in [1.807, 2.05) is 24.3 Å². The van der Waals surface area contributed by atoms with Gasteiger partial charge >= 0.3 is 5.69 Å². The van der Waals surface area contributed by atoms with Crippen LogP contribution in [0.1, 0.15) is 22.3 Å². The molecule has 0 radical (unpaired) electrons. The summed E-state index contributed by atoms with van der Waals surface area (Å²) in [5, 5.41) is 20.3. The number of carbonyl (C=O) groups excluding carboxylic acids is 2. The fraction of sp³-hybridized carbons (Fsp3) is 0.259. The van der Waals surface area contributed by atoms with E-state index in [4.69, 9.17) is 14.2 Å².